The van der Waals surface area contributed by atoms with Crippen LogP contribution in [0.1, 0.15) is 20.8 Å². The molecule has 0 unspecified atom stereocenters. The molecule has 17 heavy (non-hydrogen) atoms. The number of nitrogens with one attached hydrogen (secondary N) is 2. The number of H-pyrrole nitrogens is 1. The third kappa shape index (κ3) is 2.03. The van der Waals surface area contributed by atoms with Gasteiger partial charge in [0.25, 0.3) is 11.8 Å². The number of hydrogen-bond donors (Lipinski definition) is 3. The van der Waals surface area contributed by atoms with Crippen LogP contribution >= 0.6 is 0 Å². The maximum absolute atomic E-state index is 11.8. The van der Waals surface area contributed by atoms with E-state index in [-0.39, 0.29) is 17.3 Å². The zero-order valence-electron chi connectivity index (χ0n) is 9.10. The number of carbonyl (C=O) groups excluding carboxylic acids is 2. The van der Waals surface area contributed by atoms with Crippen LogP contribution in [0.4, 0.5) is 5.82 Å². The molecule has 7 heteroatoms. The number of aromatic nitrogens is 3. The molecule has 4 N–H and O–H groups in total. The molecule has 2 heterocycles. The Labute approximate surface area is 96.6 Å². The summed E-state index contributed by atoms with van der Waals surface area (Å²) < 4.78 is 1.38. The van der Waals surface area contributed by atoms with Crippen molar-refractivity contribution in [2.75, 3.05) is 5.32 Å². The Balaban J connectivity index is 2.27. The molecule has 2 aromatic heterocycles. The van der Waals surface area contributed by atoms with Crippen molar-refractivity contribution in [3.63, 3.8) is 0 Å². The Morgan fingerprint density at radius 3 is 2.88 bits per heavy atom. The number of hydrogen-bond acceptors (Lipinski definition) is 3. The Bertz CT molecular complexity index is 555. The highest BCUT2D eigenvalue weighted by Gasteiger charge is 2.16. The molecule has 0 aromatic carbocycles. The van der Waals surface area contributed by atoms with E-state index in [0.717, 1.165) is 0 Å². The van der Waals surface area contributed by atoms with Crippen LogP contribution in [0, 0.1) is 0 Å². The van der Waals surface area contributed by atoms with E-state index in [4.69, 9.17) is 5.73 Å². The van der Waals surface area contributed by atoms with Gasteiger partial charge in [0.15, 0.2) is 0 Å². The standard InChI is InChI=1S/C10H11N5O2/c1-15-9(6(5-13-15)8(11)16)14-10(17)7-3-2-4-12-7/h2-5,12H,1H3,(H2,11,16)(H,14,17). The molecule has 2 amide bonds. The zero-order valence-corrected chi connectivity index (χ0v) is 9.10. The maximum Gasteiger partial charge on any atom is 0.273 e. The van der Waals surface area contributed by atoms with Crippen molar-refractivity contribution in [1.82, 2.24) is 14.8 Å². The highest BCUT2D eigenvalue weighted by Crippen LogP contribution is 2.14. The van der Waals surface area contributed by atoms with Gasteiger partial charge < -0.3 is 16.0 Å². The minimum atomic E-state index is -0.639. The highest BCUT2D eigenvalue weighted by molar-refractivity contribution is 6.07. The number of amides is 2. The SMILES string of the molecule is Cn1ncc(C(N)=O)c1NC(=O)c1ccc[nH]1. The molecule has 0 aliphatic heterocycles. The van der Waals surface area contributed by atoms with Crippen LogP contribution in [0.25, 0.3) is 0 Å². The monoisotopic (exact) mass is 233 g/mol. The molecule has 0 saturated heterocycles. The lowest BCUT2D eigenvalue weighted by molar-refractivity contribution is 0.100. The van der Waals surface area contributed by atoms with Crippen molar-refractivity contribution in [3.05, 3.63) is 35.8 Å². The summed E-state index contributed by atoms with van der Waals surface area (Å²) in [5.41, 5.74) is 5.73. The van der Waals surface area contributed by atoms with Gasteiger partial charge in [-0.3, -0.25) is 14.3 Å². The van der Waals surface area contributed by atoms with Gasteiger partial charge in [-0.1, -0.05) is 0 Å². The van der Waals surface area contributed by atoms with E-state index in [9.17, 15) is 9.59 Å². The molecule has 0 bridgehead atoms. The lowest BCUT2D eigenvalue weighted by atomic mass is 10.3. The van der Waals surface area contributed by atoms with Gasteiger partial charge in [0.1, 0.15) is 17.1 Å². The maximum atomic E-state index is 11.8. The van der Waals surface area contributed by atoms with Crippen LogP contribution in [0.5, 0.6) is 0 Å². The molecule has 2 rings (SSSR count). The fourth-order valence-corrected chi connectivity index (χ4v) is 1.41. The molecule has 0 aliphatic carbocycles. The minimum absolute atomic E-state index is 0.174. The third-order valence-electron chi connectivity index (χ3n) is 2.28. The zero-order chi connectivity index (χ0) is 12.4. The molecule has 2 aromatic rings. The molecule has 0 radical (unpaired) electrons. The molecule has 0 aliphatic rings. The van der Waals surface area contributed by atoms with Gasteiger partial charge in [-0.25, -0.2) is 0 Å². The average molecular weight is 233 g/mol. The smallest absolute Gasteiger partial charge is 0.273 e. The summed E-state index contributed by atoms with van der Waals surface area (Å²) in [7, 11) is 1.61. The van der Waals surface area contributed by atoms with Gasteiger partial charge in [0.2, 0.25) is 0 Å². The molecule has 0 saturated carbocycles. The van der Waals surface area contributed by atoms with Crippen molar-refractivity contribution in [2.24, 2.45) is 12.8 Å². The van der Waals surface area contributed by atoms with Crippen LogP contribution < -0.4 is 11.1 Å². The predicted octanol–water partition coefficient (Wildman–Crippen LogP) is 0.0994. The lowest BCUT2D eigenvalue weighted by Crippen LogP contribution is -2.19. The first-order valence-electron chi connectivity index (χ1n) is 4.86. The van der Waals surface area contributed by atoms with E-state index in [2.05, 4.69) is 15.4 Å². The average Bonchev–Trinajstić information content (AvgIpc) is 2.89. The van der Waals surface area contributed by atoms with E-state index in [1.165, 1.54) is 10.9 Å². The van der Waals surface area contributed by atoms with E-state index in [1.54, 1.807) is 25.4 Å². The highest BCUT2D eigenvalue weighted by atomic mass is 16.2. The van der Waals surface area contributed by atoms with Crippen molar-refractivity contribution < 1.29 is 9.59 Å². The largest absolute Gasteiger partial charge is 0.365 e. The van der Waals surface area contributed by atoms with Gasteiger partial charge in [-0.05, 0) is 12.1 Å². The normalized spacial score (nSPS) is 10.2. The first-order chi connectivity index (χ1) is 8.09. The topological polar surface area (TPSA) is 106 Å². The van der Waals surface area contributed by atoms with E-state index >= 15 is 0 Å². The summed E-state index contributed by atoms with van der Waals surface area (Å²) in [6.45, 7) is 0. The van der Waals surface area contributed by atoms with Gasteiger partial charge in [-0.2, -0.15) is 5.10 Å². The Kier molecular flexibility index (Phi) is 2.65. The summed E-state index contributed by atoms with van der Waals surface area (Å²) >= 11 is 0. The van der Waals surface area contributed by atoms with Crippen LogP contribution in [0.15, 0.2) is 24.5 Å². The molecule has 0 spiro atoms. The second-order valence-electron chi connectivity index (χ2n) is 3.43. The van der Waals surface area contributed by atoms with Crippen molar-refractivity contribution >= 4 is 17.6 Å². The van der Waals surface area contributed by atoms with Gasteiger partial charge in [0, 0.05) is 13.2 Å². The van der Waals surface area contributed by atoms with Crippen molar-refractivity contribution in [1.29, 1.82) is 0 Å². The Morgan fingerprint density at radius 2 is 2.29 bits per heavy atom. The third-order valence-corrected chi connectivity index (χ3v) is 2.28. The number of aryl methyl sites for hydroxylation is 1. The fraction of sp³-hybridized carbons (Fsp3) is 0.100. The molecule has 0 fully saturated rings. The first kappa shape index (κ1) is 10.9. The number of rotatable bonds is 3. The Hall–Kier alpha value is -2.57. The van der Waals surface area contributed by atoms with Crippen molar-refractivity contribution in [3.8, 4) is 0 Å². The van der Waals surface area contributed by atoms with Gasteiger partial charge in [0.05, 0.1) is 6.20 Å². The summed E-state index contributed by atoms with van der Waals surface area (Å²) in [4.78, 5) is 25.6. The van der Waals surface area contributed by atoms with Gasteiger partial charge >= 0.3 is 0 Å². The number of carbonyl (C=O) groups is 2. The van der Waals surface area contributed by atoms with Crippen LogP contribution in [-0.4, -0.2) is 26.6 Å². The van der Waals surface area contributed by atoms with Crippen LogP contribution in [0.3, 0.4) is 0 Å². The first-order valence-corrected chi connectivity index (χ1v) is 4.86. The summed E-state index contributed by atoms with van der Waals surface area (Å²) in [5, 5.41) is 6.44. The molecular formula is C10H11N5O2. The molecular weight excluding hydrogens is 222 g/mol. The van der Waals surface area contributed by atoms with Gasteiger partial charge in [-0.15, -0.1) is 0 Å². The molecule has 88 valence electrons. The second-order valence-corrected chi connectivity index (χ2v) is 3.43. The van der Waals surface area contributed by atoms with Crippen LogP contribution in [-0.2, 0) is 7.05 Å². The van der Waals surface area contributed by atoms with Crippen LogP contribution in [0.2, 0.25) is 0 Å². The molecule has 0 atom stereocenters. The minimum Gasteiger partial charge on any atom is -0.365 e. The summed E-state index contributed by atoms with van der Waals surface area (Å²) in [6, 6.07) is 3.32. The van der Waals surface area contributed by atoms with E-state index < -0.39 is 5.91 Å². The fourth-order valence-electron chi connectivity index (χ4n) is 1.41. The number of nitrogens with two attached hydrogens (primary N) is 1. The number of anilines is 1. The molecule has 7 nitrogen and oxygen atoms in total. The number of nitrogens with zero attached hydrogens (tertiary/aromatic N) is 2. The number of aromatic amines is 1. The summed E-state index contributed by atoms with van der Waals surface area (Å²) in [5.74, 6) is -0.724. The Morgan fingerprint density at radius 1 is 1.53 bits per heavy atom. The quantitative estimate of drug-likeness (QED) is 0.699. The summed E-state index contributed by atoms with van der Waals surface area (Å²) in [6.07, 6.45) is 2.94. The predicted molar refractivity (Wildman–Crippen MR) is 60.5 cm³/mol. The lowest BCUT2D eigenvalue weighted by Gasteiger charge is -2.05. The van der Waals surface area contributed by atoms with Crippen molar-refractivity contribution in [2.45, 2.75) is 0 Å². The second kappa shape index (κ2) is 4.12. The number of primary amides is 1. The van der Waals surface area contributed by atoms with E-state index in [1.807, 2.05) is 0 Å². The van der Waals surface area contributed by atoms with E-state index in [0.29, 0.717) is 5.69 Å².